The van der Waals surface area contributed by atoms with E-state index in [0.717, 1.165) is 11.8 Å². The van der Waals surface area contributed by atoms with Crippen LogP contribution >= 0.6 is 0 Å². The minimum atomic E-state index is 0.633. The maximum absolute atomic E-state index is 3.59. The fraction of sp³-hybridized carbons (Fsp3) is 1.00. The molecule has 2 saturated heterocycles. The molecule has 3 nitrogen and oxygen atoms in total. The summed E-state index contributed by atoms with van der Waals surface area (Å²) in [6, 6.07) is 0.633. The molecule has 0 aromatic rings. The summed E-state index contributed by atoms with van der Waals surface area (Å²) in [6.07, 6.45) is 5.66. The van der Waals surface area contributed by atoms with Crippen LogP contribution in [0.15, 0.2) is 0 Å². The van der Waals surface area contributed by atoms with Crippen LogP contribution in [-0.2, 0) is 0 Å². The van der Waals surface area contributed by atoms with Gasteiger partial charge in [0.25, 0.3) is 0 Å². The van der Waals surface area contributed by atoms with Gasteiger partial charge in [0.1, 0.15) is 0 Å². The molecule has 0 aromatic carbocycles. The number of nitrogens with zero attached hydrogens (tertiary/aromatic N) is 2. The van der Waals surface area contributed by atoms with Crippen LogP contribution in [0.5, 0.6) is 0 Å². The third kappa shape index (κ3) is 5.41. The summed E-state index contributed by atoms with van der Waals surface area (Å²) >= 11 is 0. The first kappa shape index (κ1) is 15.3. The smallest absolute Gasteiger partial charge is 0.00223 e. The number of rotatable bonds is 6. The van der Waals surface area contributed by atoms with Gasteiger partial charge in [0, 0.05) is 12.6 Å². The highest BCUT2D eigenvalue weighted by Gasteiger charge is 2.23. The zero-order chi connectivity index (χ0) is 13.7. The normalized spacial score (nSPS) is 27.5. The van der Waals surface area contributed by atoms with Gasteiger partial charge >= 0.3 is 0 Å². The van der Waals surface area contributed by atoms with Crippen LogP contribution in [0.3, 0.4) is 0 Å². The van der Waals surface area contributed by atoms with Crippen molar-refractivity contribution in [3.05, 3.63) is 0 Å². The minimum Gasteiger partial charge on any atom is -0.314 e. The number of nitrogens with one attached hydrogen (secondary N) is 1. The molecule has 1 atom stereocenters. The van der Waals surface area contributed by atoms with E-state index < -0.39 is 0 Å². The Hall–Kier alpha value is -0.120. The molecule has 2 fully saturated rings. The van der Waals surface area contributed by atoms with Crippen molar-refractivity contribution in [1.82, 2.24) is 15.1 Å². The van der Waals surface area contributed by atoms with Crippen LogP contribution < -0.4 is 5.32 Å². The van der Waals surface area contributed by atoms with Crippen LogP contribution in [0.25, 0.3) is 0 Å². The van der Waals surface area contributed by atoms with Crippen molar-refractivity contribution in [3.63, 3.8) is 0 Å². The second-order valence-corrected chi connectivity index (χ2v) is 7.05. The van der Waals surface area contributed by atoms with Crippen molar-refractivity contribution in [2.45, 2.75) is 45.6 Å². The maximum Gasteiger partial charge on any atom is 0.00223 e. The Morgan fingerprint density at radius 2 is 1.74 bits per heavy atom. The van der Waals surface area contributed by atoms with Crippen molar-refractivity contribution >= 4 is 0 Å². The molecule has 2 heterocycles. The Morgan fingerprint density at radius 1 is 1.05 bits per heavy atom. The molecule has 2 rings (SSSR count). The minimum absolute atomic E-state index is 0.633. The second kappa shape index (κ2) is 7.61. The van der Waals surface area contributed by atoms with Crippen LogP contribution in [0.2, 0.25) is 0 Å². The summed E-state index contributed by atoms with van der Waals surface area (Å²) in [5, 5.41) is 3.59. The molecule has 0 aliphatic carbocycles. The number of hydrogen-bond acceptors (Lipinski definition) is 3. The van der Waals surface area contributed by atoms with E-state index in [2.05, 4.69) is 36.0 Å². The summed E-state index contributed by atoms with van der Waals surface area (Å²) < 4.78 is 0. The van der Waals surface area contributed by atoms with Gasteiger partial charge in [-0.3, -0.25) is 0 Å². The van der Waals surface area contributed by atoms with Gasteiger partial charge in [0.15, 0.2) is 0 Å². The van der Waals surface area contributed by atoms with E-state index in [4.69, 9.17) is 0 Å². The molecule has 0 radical (unpaired) electrons. The van der Waals surface area contributed by atoms with Gasteiger partial charge in [-0.25, -0.2) is 0 Å². The molecule has 2 aliphatic rings. The highest BCUT2D eigenvalue weighted by atomic mass is 15.1. The van der Waals surface area contributed by atoms with Crippen LogP contribution in [0, 0.1) is 11.8 Å². The first-order valence-electron chi connectivity index (χ1n) is 8.27. The molecule has 0 aromatic heterocycles. The lowest BCUT2D eigenvalue weighted by Gasteiger charge is -2.30. The molecule has 19 heavy (non-hydrogen) atoms. The van der Waals surface area contributed by atoms with Crippen molar-refractivity contribution in [2.75, 3.05) is 46.3 Å². The molecule has 1 N–H and O–H groups in total. The SMILES string of the molecule is CC(C)NCC1CCN(CCC2CCN(C)CC2)C1. The predicted molar refractivity (Wildman–Crippen MR) is 82.5 cm³/mol. The van der Waals surface area contributed by atoms with E-state index in [9.17, 15) is 0 Å². The average molecular weight is 267 g/mol. The van der Waals surface area contributed by atoms with Crippen molar-refractivity contribution in [3.8, 4) is 0 Å². The Morgan fingerprint density at radius 3 is 2.42 bits per heavy atom. The predicted octanol–water partition coefficient (Wildman–Crippen LogP) is 2.04. The molecule has 2 aliphatic heterocycles. The van der Waals surface area contributed by atoms with Crippen LogP contribution in [-0.4, -0.2) is 62.2 Å². The van der Waals surface area contributed by atoms with E-state index in [1.165, 1.54) is 65.0 Å². The zero-order valence-electron chi connectivity index (χ0n) is 13.2. The number of piperidine rings is 1. The molecule has 0 bridgehead atoms. The van der Waals surface area contributed by atoms with E-state index in [-0.39, 0.29) is 0 Å². The molecule has 0 spiro atoms. The van der Waals surface area contributed by atoms with Gasteiger partial charge in [-0.05, 0) is 77.3 Å². The first-order chi connectivity index (χ1) is 9.13. The summed E-state index contributed by atoms with van der Waals surface area (Å²) in [5.74, 6) is 1.88. The van der Waals surface area contributed by atoms with Gasteiger partial charge < -0.3 is 15.1 Å². The van der Waals surface area contributed by atoms with E-state index >= 15 is 0 Å². The lowest BCUT2D eigenvalue weighted by molar-refractivity contribution is 0.194. The molecule has 1 unspecified atom stereocenters. The maximum atomic E-state index is 3.59. The lowest BCUT2D eigenvalue weighted by atomic mass is 9.94. The summed E-state index contributed by atoms with van der Waals surface area (Å²) in [7, 11) is 2.25. The third-order valence-electron chi connectivity index (χ3n) is 4.88. The molecule has 0 saturated carbocycles. The zero-order valence-corrected chi connectivity index (χ0v) is 13.2. The van der Waals surface area contributed by atoms with E-state index in [1.54, 1.807) is 0 Å². The first-order valence-corrected chi connectivity index (χ1v) is 8.27. The topological polar surface area (TPSA) is 18.5 Å². The van der Waals surface area contributed by atoms with E-state index in [1.807, 2.05) is 0 Å². The largest absolute Gasteiger partial charge is 0.314 e. The Labute approximate surface area is 119 Å². The molecular weight excluding hydrogens is 234 g/mol. The average Bonchev–Trinajstić information content (AvgIpc) is 2.84. The quantitative estimate of drug-likeness (QED) is 0.794. The van der Waals surface area contributed by atoms with Crippen molar-refractivity contribution < 1.29 is 0 Å². The Balaban J connectivity index is 1.57. The molecule has 3 heteroatoms. The van der Waals surface area contributed by atoms with Gasteiger partial charge in [0.2, 0.25) is 0 Å². The fourth-order valence-corrected chi connectivity index (χ4v) is 3.40. The molecular formula is C16H33N3. The van der Waals surface area contributed by atoms with E-state index in [0.29, 0.717) is 6.04 Å². The fourth-order valence-electron chi connectivity index (χ4n) is 3.40. The van der Waals surface area contributed by atoms with Gasteiger partial charge in [-0.1, -0.05) is 13.8 Å². The van der Waals surface area contributed by atoms with Crippen LogP contribution in [0.1, 0.15) is 39.5 Å². The van der Waals surface area contributed by atoms with Gasteiger partial charge in [0.05, 0.1) is 0 Å². The summed E-state index contributed by atoms with van der Waals surface area (Å²) in [6.45, 7) is 12.3. The monoisotopic (exact) mass is 267 g/mol. The standard InChI is InChI=1S/C16H33N3/c1-14(2)17-12-16-7-11-19(13-16)10-6-15-4-8-18(3)9-5-15/h14-17H,4-13H2,1-3H3. The molecule has 112 valence electrons. The lowest BCUT2D eigenvalue weighted by Crippen LogP contribution is -2.33. The van der Waals surface area contributed by atoms with Gasteiger partial charge in [-0.15, -0.1) is 0 Å². The van der Waals surface area contributed by atoms with Crippen LogP contribution in [0.4, 0.5) is 0 Å². The summed E-state index contributed by atoms with van der Waals surface area (Å²) in [5.41, 5.74) is 0. The number of likely N-dealkylation sites (tertiary alicyclic amines) is 2. The highest BCUT2D eigenvalue weighted by molar-refractivity contribution is 4.79. The third-order valence-corrected chi connectivity index (χ3v) is 4.88. The Kier molecular flexibility index (Phi) is 6.11. The van der Waals surface area contributed by atoms with Crippen molar-refractivity contribution in [1.29, 1.82) is 0 Å². The Bertz CT molecular complexity index is 246. The summed E-state index contributed by atoms with van der Waals surface area (Å²) in [4.78, 5) is 5.17. The highest BCUT2D eigenvalue weighted by Crippen LogP contribution is 2.22. The van der Waals surface area contributed by atoms with Gasteiger partial charge in [-0.2, -0.15) is 0 Å². The van der Waals surface area contributed by atoms with Crippen molar-refractivity contribution in [2.24, 2.45) is 11.8 Å². The molecule has 0 amide bonds. The second-order valence-electron chi connectivity index (χ2n) is 7.05. The number of hydrogen-bond donors (Lipinski definition) is 1.